The van der Waals surface area contributed by atoms with Gasteiger partial charge < -0.3 is 15.0 Å². The fourth-order valence-electron chi connectivity index (χ4n) is 1.76. The summed E-state index contributed by atoms with van der Waals surface area (Å²) in [5.74, 6) is 0. The lowest BCUT2D eigenvalue weighted by atomic mass is 10.1. The average Bonchev–Trinajstić information content (AvgIpc) is 2.41. The minimum atomic E-state index is 0.804. The molecule has 0 aromatic heterocycles. The van der Waals surface area contributed by atoms with E-state index in [4.69, 9.17) is 4.74 Å². The van der Waals surface area contributed by atoms with E-state index in [1.54, 1.807) is 0 Å². The number of nitrogens with zero attached hydrogens (tertiary/aromatic N) is 1. The molecule has 1 aromatic rings. The molecule has 0 aliphatic rings. The summed E-state index contributed by atoms with van der Waals surface area (Å²) in [5.41, 5.74) is 1.41. The van der Waals surface area contributed by atoms with Crippen molar-refractivity contribution >= 4 is 0 Å². The van der Waals surface area contributed by atoms with E-state index >= 15 is 0 Å². The first-order valence-corrected chi connectivity index (χ1v) is 6.84. The summed E-state index contributed by atoms with van der Waals surface area (Å²) in [4.78, 5) is 2.36. The lowest BCUT2D eigenvalue weighted by Gasteiger charge is -2.16. The maximum atomic E-state index is 5.27. The van der Waals surface area contributed by atoms with Gasteiger partial charge in [-0.05, 0) is 26.0 Å². The van der Waals surface area contributed by atoms with Gasteiger partial charge in [0.2, 0.25) is 0 Å². The van der Waals surface area contributed by atoms with E-state index in [2.05, 4.69) is 47.6 Å². The van der Waals surface area contributed by atoms with Crippen LogP contribution in [0.5, 0.6) is 0 Å². The number of likely N-dealkylation sites (N-methyl/N-ethyl adjacent to an activating group) is 1. The third kappa shape index (κ3) is 7.43. The van der Waals surface area contributed by atoms with Crippen LogP contribution >= 0.6 is 0 Å². The predicted octanol–water partition coefficient (Wildman–Crippen LogP) is 1.79. The summed E-state index contributed by atoms with van der Waals surface area (Å²) in [6, 6.07) is 10.6. The Morgan fingerprint density at radius 2 is 1.89 bits per heavy atom. The van der Waals surface area contributed by atoms with Gasteiger partial charge in [-0.2, -0.15) is 0 Å². The highest BCUT2D eigenvalue weighted by atomic mass is 16.5. The van der Waals surface area contributed by atoms with Gasteiger partial charge in [0.1, 0.15) is 0 Å². The van der Waals surface area contributed by atoms with Crippen LogP contribution < -0.4 is 5.32 Å². The van der Waals surface area contributed by atoms with Crippen LogP contribution in [0.3, 0.4) is 0 Å². The quantitative estimate of drug-likeness (QED) is 0.641. The molecule has 3 nitrogen and oxygen atoms in total. The second-order valence-corrected chi connectivity index (χ2v) is 4.49. The van der Waals surface area contributed by atoms with Gasteiger partial charge in [-0.25, -0.2) is 0 Å². The van der Waals surface area contributed by atoms with Crippen molar-refractivity contribution in [3.8, 4) is 0 Å². The maximum Gasteiger partial charge on any atom is 0.0590 e. The molecule has 0 aliphatic carbocycles. The summed E-state index contributed by atoms with van der Waals surface area (Å²) in [6.45, 7) is 7.80. The van der Waals surface area contributed by atoms with Crippen LogP contribution in [0.4, 0.5) is 0 Å². The fourth-order valence-corrected chi connectivity index (χ4v) is 1.76. The van der Waals surface area contributed by atoms with Gasteiger partial charge in [-0.15, -0.1) is 0 Å². The molecule has 1 aromatic carbocycles. The molecular formula is C15H26N2O. The first-order chi connectivity index (χ1) is 8.83. The van der Waals surface area contributed by atoms with Crippen LogP contribution in [0.1, 0.15) is 12.5 Å². The molecule has 3 heteroatoms. The van der Waals surface area contributed by atoms with Gasteiger partial charge >= 0.3 is 0 Å². The molecule has 0 saturated heterocycles. The number of hydrogen-bond donors (Lipinski definition) is 1. The third-order valence-electron chi connectivity index (χ3n) is 2.92. The molecule has 1 N–H and O–H groups in total. The Labute approximate surface area is 111 Å². The van der Waals surface area contributed by atoms with Crippen molar-refractivity contribution < 1.29 is 4.74 Å². The van der Waals surface area contributed by atoms with Crippen molar-refractivity contribution in [2.75, 3.05) is 46.4 Å². The van der Waals surface area contributed by atoms with Crippen molar-refractivity contribution in [3.05, 3.63) is 35.9 Å². The van der Waals surface area contributed by atoms with Gasteiger partial charge in [0, 0.05) is 32.8 Å². The molecule has 0 amide bonds. The Balaban J connectivity index is 1.99. The summed E-state index contributed by atoms with van der Waals surface area (Å²) < 4.78 is 5.27. The van der Waals surface area contributed by atoms with E-state index in [0.717, 1.165) is 45.8 Å². The molecule has 0 unspecified atom stereocenters. The van der Waals surface area contributed by atoms with E-state index in [-0.39, 0.29) is 0 Å². The van der Waals surface area contributed by atoms with Crippen molar-refractivity contribution in [2.24, 2.45) is 0 Å². The summed E-state index contributed by atoms with van der Waals surface area (Å²) in [6.07, 6.45) is 1.12. The lowest BCUT2D eigenvalue weighted by Crippen LogP contribution is -2.32. The molecule has 0 aliphatic heterocycles. The van der Waals surface area contributed by atoms with Crippen LogP contribution in [0.25, 0.3) is 0 Å². The van der Waals surface area contributed by atoms with Crippen molar-refractivity contribution in [2.45, 2.75) is 13.3 Å². The molecule has 0 saturated carbocycles. The highest BCUT2D eigenvalue weighted by molar-refractivity contribution is 5.14. The minimum Gasteiger partial charge on any atom is -0.380 e. The number of rotatable bonds is 10. The SMILES string of the molecule is CCOCCNCCN(C)CCc1ccccc1. The first-order valence-electron chi connectivity index (χ1n) is 6.84. The number of benzene rings is 1. The van der Waals surface area contributed by atoms with Gasteiger partial charge in [-0.3, -0.25) is 0 Å². The van der Waals surface area contributed by atoms with E-state index in [1.165, 1.54) is 5.56 Å². The molecule has 0 fully saturated rings. The Kier molecular flexibility index (Phi) is 8.47. The third-order valence-corrected chi connectivity index (χ3v) is 2.92. The molecule has 0 bridgehead atoms. The molecule has 18 heavy (non-hydrogen) atoms. The van der Waals surface area contributed by atoms with Crippen molar-refractivity contribution in [3.63, 3.8) is 0 Å². The standard InChI is InChI=1S/C15H26N2O/c1-3-18-14-11-16-10-13-17(2)12-9-15-7-5-4-6-8-15/h4-8,16H,3,9-14H2,1-2H3. The zero-order valence-corrected chi connectivity index (χ0v) is 11.7. The lowest BCUT2D eigenvalue weighted by molar-refractivity contribution is 0.148. The molecule has 0 spiro atoms. The molecule has 102 valence electrons. The number of ether oxygens (including phenoxy) is 1. The molecular weight excluding hydrogens is 224 g/mol. The summed E-state index contributed by atoms with van der Waals surface area (Å²) in [7, 11) is 2.17. The second-order valence-electron chi connectivity index (χ2n) is 4.49. The fraction of sp³-hybridized carbons (Fsp3) is 0.600. The maximum absolute atomic E-state index is 5.27. The van der Waals surface area contributed by atoms with Crippen LogP contribution in [-0.4, -0.2) is 51.3 Å². The van der Waals surface area contributed by atoms with Gasteiger partial charge in [-0.1, -0.05) is 30.3 Å². The number of hydrogen-bond acceptors (Lipinski definition) is 3. The molecule has 1 rings (SSSR count). The largest absolute Gasteiger partial charge is 0.380 e. The topological polar surface area (TPSA) is 24.5 Å². The van der Waals surface area contributed by atoms with Crippen molar-refractivity contribution in [1.29, 1.82) is 0 Å². The van der Waals surface area contributed by atoms with Crippen LogP contribution in [-0.2, 0) is 11.2 Å². The zero-order valence-electron chi connectivity index (χ0n) is 11.7. The Bertz CT molecular complexity index is 290. The number of nitrogens with one attached hydrogen (secondary N) is 1. The van der Waals surface area contributed by atoms with Gasteiger partial charge in [0.25, 0.3) is 0 Å². The predicted molar refractivity (Wildman–Crippen MR) is 77.0 cm³/mol. The first kappa shape index (κ1) is 15.2. The van der Waals surface area contributed by atoms with E-state index in [1.807, 2.05) is 6.92 Å². The zero-order chi connectivity index (χ0) is 13.1. The smallest absolute Gasteiger partial charge is 0.0590 e. The normalized spacial score (nSPS) is 11.1. The van der Waals surface area contributed by atoms with Crippen LogP contribution in [0.2, 0.25) is 0 Å². The van der Waals surface area contributed by atoms with Crippen LogP contribution in [0, 0.1) is 0 Å². The monoisotopic (exact) mass is 250 g/mol. The molecule has 0 radical (unpaired) electrons. The van der Waals surface area contributed by atoms with Crippen LogP contribution in [0.15, 0.2) is 30.3 Å². The summed E-state index contributed by atoms with van der Waals surface area (Å²) in [5, 5.41) is 3.38. The Hall–Kier alpha value is -0.900. The molecule has 0 atom stereocenters. The van der Waals surface area contributed by atoms with E-state index in [0.29, 0.717) is 0 Å². The Morgan fingerprint density at radius 1 is 1.11 bits per heavy atom. The molecule has 0 heterocycles. The minimum absolute atomic E-state index is 0.804. The summed E-state index contributed by atoms with van der Waals surface area (Å²) >= 11 is 0. The van der Waals surface area contributed by atoms with Gasteiger partial charge in [0.05, 0.1) is 6.61 Å². The van der Waals surface area contributed by atoms with Gasteiger partial charge in [0.15, 0.2) is 0 Å². The highest BCUT2D eigenvalue weighted by Crippen LogP contribution is 2.00. The van der Waals surface area contributed by atoms with E-state index < -0.39 is 0 Å². The van der Waals surface area contributed by atoms with E-state index in [9.17, 15) is 0 Å². The second kappa shape index (κ2) is 10.1. The Morgan fingerprint density at radius 3 is 2.61 bits per heavy atom. The highest BCUT2D eigenvalue weighted by Gasteiger charge is 1.98. The average molecular weight is 250 g/mol. The van der Waals surface area contributed by atoms with Crippen molar-refractivity contribution in [1.82, 2.24) is 10.2 Å².